The highest BCUT2D eigenvalue weighted by Crippen LogP contribution is 2.32. The summed E-state index contributed by atoms with van der Waals surface area (Å²) in [6, 6.07) is 12.9. The van der Waals surface area contributed by atoms with E-state index in [0.717, 1.165) is 22.5 Å². The number of ether oxygens (including phenoxy) is 1. The van der Waals surface area contributed by atoms with Crippen molar-refractivity contribution in [3.63, 3.8) is 0 Å². The first-order valence-corrected chi connectivity index (χ1v) is 9.80. The molecule has 1 heterocycles. The van der Waals surface area contributed by atoms with E-state index in [1.165, 1.54) is 25.2 Å². The van der Waals surface area contributed by atoms with Gasteiger partial charge in [-0.2, -0.15) is 0 Å². The van der Waals surface area contributed by atoms with Crippen LogP contribution in [0.5, 0.6) is 5.75 Å². The predicted molar refractivity (Wildman–Crippen MR) is 112 cm³/mol. The van der Waals surface area contributed by atoms with Crippen molar-refractivity contribution in [1.29, 1.82) is 0 Å². The van der Waals surface area contributed by atoms with Gasteiger partial charge in [0.15, 0.2) is 10.9 Å². The van der Waals surface area contributed by atoms with Crippen molar-refractivity contribution in [3.05, 3.63) is 70.2 Å². The number of anilines is 2. The molecule has 0 unspecified atom stereocenters. The van der Waals surface area contributed by atoms with Crippen molar-refractivity contribution in [2.75, 3.05) is 4.90 Å². The Morgan fingerprint density at radius 3 is 2.43 bits per heavy atom. The van der Waals surface area contributed by atoms with Crippen LogP contribution < -0.4 is 9.64 Å². The molecular formula is C22H22N2O3S. The molecule has 3 rings (SSSR count). The summed E-state index contributed by atoms with van der Waals surface area (Å²) in [6.45, 7) is 7.38. The average molecular weight is 394 g/mol. The maximum Gasteiger partial charge on any atom is 0.230 e. The van der Waals surface area contributed by atoms with Gasteiger partial charge in [0.05, 0.1) is 11.4 Å². The lowest BCUT2D eigenvalue weighted by molar-refractivity contribution is -0.115. The van der Waals surface area contributed by atoms with Gasteiger partial charge in [-0.15, -0.1) is 11.3 Å². The van der Waals surface area contributed by atoms with Crippen LogP contribution in [0.4, 0.5) is 10.8 Å². The Morgan fingerprint density at radius 2 is 1.79 bits per heavy atom. The Balaban J connectivity index is 1.77. The number of aryl methyl sites for hydroxylation is 1. The number of thiazole rings is 1. The molecule has 28 heavy (non-hydrogen) atoms. The van der Waals surface area contributed by atoms with Crippen LogP contribution >= 0.6 is 11.3 Å². The lowest BCUT2D eigenvalue weighted by Gasteiger charge is -2.21. The largest absolute Gasteiger partial charge is 0.487 e. The van der Waals surface area contributed by atoms with E-state index < -0.39 is 0 Å². The van der Waals surface area contributed by atoms with Gasteiger partial charge in [0.2, 0.25) is 5.91 Å². The SMILES string of the molecule is CC(=O)c1ccc(OCc2csc(N(C(C)=O)c3cccc(C)c3C)n2)cc1. The van der Waals surface area contributed by atoms with Crippen LogP contribution in [0, 0.1) is 13.8 Å². The number of nitrogens with zero attached hydrogens (tertiary/aromatic N) is 2. The fraction of sp³-hybridized carbons (Fsp3) is 0.227. The van der Waals surface area contributed by atoms with Gasteiger partial charge in [-0.3, -0.25) is 14.5 Å². The maximum atomic E-state index is 12.3. The van der Waals surface area contributed by atoms with Gasteiger partial charge in [0.1, 0.15) is 12.4 Å². The molecule has 0 aliphatic heterocycles. The Bertz CT molecular complexity index is 1010. The van der Waals surface area contributed by atoms with Crippen molar-refractivity contribution in [1.82, 2.24) is 4.98 Å². The Kier molecular flexibility index (Phi) is 5.90. The van der Waals surface area contributed by atoms with Crippen LogP contribution in [0.1, 0.15) is 41.0 Å². The Hall–Kier alpha value is -2.99. The molecule has 0 saturated carbocycles. The van der Waals surface area contributed by atoms with Crippen molar-refractivity contribution < 1.29 is 14.3 Å². The molecule has 0 fully saturated rings. The van der Waals surface area contributed by atoms with Crippen LogP contribution in [0.15, 0.2) is 47.8 Å². The molecule has 0 spiro atoms. The molecule has 0 saturated heterocycles. The summed E-state index contributed by atoms with van der Waals surface area (Å²) < 4.78 is 5.76. The highest BCUT2D eigenvalue weighted by Gasteiger charge is 2.20. The first-order valence-electron chi connectivity index (χ1n) is 8.92. The van der Waals surface area contributed by atoms with E-state index in [-0.39, 0.29) is 18.3 Å². The Labute approximate surface area is 168 Å². The van der Waals surface area contributed by atoms with Gasteiger partial charge in [0.25, 0.3) is 0 Å². The summed E-state index contributed by atoms with van der Waals surface area (Å²) in [6.07, 6.45) is 0. The third kappa shape index (κ3) is 4.28. The molecule has 0 aliphatic carbocycles. The monoisotopic (exact) mass is 394 g/mol. The van der Waals surface area contributed by atoms with Crippen LogP contribution in [-0.2, 0) is 11.4 Å². The van der Waals surface area contributed by atoms with Gasteiger partial charge in [0, 0.05) is 17.9 Å². The fourth-order valence-corrected chi connectivity index (χ4v) is 3.66. The normalized spacial score (nSPS) is 10.6. The van der Waals surface area contributed by atoms with Crippen LogP contribution in [-0.4, -0.2) is 16.7 Å². The summed E-state index contributed by atoms with van der Waals surface area (Å²) in [5.41, 5.74) is 4.41. The highest BCUT2D eigenvalue weighted by atomic mass is 32.1. The molecule has 1 amide bonds. The molecule has 1 aromatic heterocycles. The molecule has 6 heteroatoms. The van der Waals surface area contributed by atoms with E-state index in [1.807, 2.05) is 37.4 Å². The van der Waals surface area contributed by atoms with E-state index in [0.29, 0.717) is 16.4 Å². The first kappa shape index (κ1) is 19.8. The van der Waals surface area contributed by atoms with Gasteiger partial charge in [-0.25, -0.2) is 4.98 Å². The molecule has 5 nitrogen and oxygen atoms in total. The van der Waals surface area contributed by atoms with Gasteiger partial charge in [-0.1, -0.05) is 12.1 Å². The van der Waals surface area contributed by atoms with Gasteiger partial charge >= 0.3 is 0 Å². The van der Waals surface area contributed by atoms with Crippen LogP contribution in [0.25, 0.3) is 0 Å². The minimum absolute atomic E-state index is 0.0199. The van der Waals surface area contributed by atoms with E-state index in [4.69, 9.17) is 4.74 Å². The number of carbonyl (C=O) groups excluding carboxylic acids is 2. The zero-order valence-electron chi connectivity index (χ0n) is 16.4. The lowest BCUT2D eigenvalue weighted by Crippen LogP contribution is -2.23. The van der Waals surface area contributed by atoms with E-state index in [1.54, 1.807) is 29.2 Å². The summed E-state index contributed by atoms with van der Waals surface area (Å²) in [5, 5.41) is 2.51. The maximum absolute atomic E-state index is 12.3. The number of hydrogen-bond donors (Lipinski definition) is 0. The zero-order chi connectivity index (χ0) is 20.3. The number of Topliss-reactive ketones (excluding diaryl/α,β-unsaturated/α-hetero) is 1. The van der Waals surface area contributed by atoms with Gasteiger partial charge in [-0.05, 0) is 62.2 Å². The quantitative estimate of drug-likeness (QED) is 0.538. The molecule has 144 valence electrons. The minimum Gasteiger partial charge on any atom is -0.487 e. The molecule has 0 N–H and O–H groups in total. The van der Waals surface area contributed by atoms with Crippen molar-refractivity contribution in [2.45, 2.75) is 34.3 Å². The molecule has 0 radical (unpaired) electrons. The summed E-state index contributed by atoms with van der Waals surface area (Å²) in [4.78, 5) is 29.9. The number of ketones is 1. The summed E-state index contributed by atoms with van der Waals surface area (Å²) in [5.74, 6) is 0.597. The number of hydrogen-bond acceptors (Lipinski definition) is 5. The molecule has 0 bridgehead atoms. The van der Waals surface area contributed by atoms with E-state index >= 15 is 0 Å². The molecular weight excluding hydrogens is 372 g/mol. The molecule has 2 aromatic carbocycles. The fourth-order valence-electron chi connectivity index (χ4n) is 2.79. The number of carbonyl (C=O) groups is 2. The van der Waals surface area contributed by atoms with Crippen molar-refractivity contribution in [3.8, 4) is 5.75 Å². The van der Waals surface area contributed by atoms with Crippen molar-refractivity contribution in [2.24, 2.45) is 0 Å². The number of amides is 1. The highest BCUT2D eigenvalue weighted by molar-refractivity contribution is 7.14. The summed E-state index contributed by atoms with van der Waals surface area (Å²) >= 11 is 1.41. The topological polar surface area (TPSA) is 59.5 Å². The standard InChI is InChI=1S/C22H22N2O3S/c1-14-6-5-7-21(15(14)2)24(17(4)26)22-23-19(13-28-22)12-27-20-10-8-18(9-11-20)16(3)25/h5-11,13H,12H2,1-4H3. The molecule has 0 atom stereocenters. The predicted octanol–water partition coefficient (Wildman–Crippen LogP) is 5.23. The third-order valence-electron chi connectivity index (χ3n) is 4.51. The average Bonchev–Trinajstić information content (AvgIpc) is 3.12. The smallest absolute Gasteiger partial charge is 0.230 e. The van der Waals surface area contributed by atoms with Crippen LogP contribution in [0.3, 0.4) is 0 Å². The third-order valence-corrected chi connectivity index (χ3v) is 5.38. The van der Waals surface area contributed by atoms with Crippen molar-refractivity contribution >= 4 is 33.8 Å². The number of rotatable bonds is 6. The first-order chi connectivity index (χ1) is 13.4. The van der Waals surface area contributed by atoms with Gasteiger partial charge < -0.3 is 4.74 Å². The zero-order valence-corrected chi connectivity index (χ0v) is 17.2. The van der Waals surface area contributed by atoms with E-state index in [2.05, 4.69) is 4.98 Å². The minimum atomic E-state index is -0.0876. The number of benzene rings is 2. The van der Waals surface area contributed by atoms with Crippen LogP contribution in [0.2, 0.25) is 0 Å². The number of aromatic nitrogens is 1. The second kappa shape index (κ2) is 8.35. The second-order valence-corrected chi connectivity index (χ2v) is 7.40. The Morgan fingerprint density at radius 1 is 1.07 bits per heavy atom. The molecule has 0 aliphatic rings. The lowest BCUT2D eigenvalue weighted by atomic mass is 10.1. The van der Waals surface area contributed by atoms with E-state index in [9.17, 15) is 9.59 Å². The molecule has 3 aromatic rings. The summed E-state index contributed by atoms with van der Waals surface area (Å²) in [7, 11) is 0. The second-order valence-electron chi connectivity index (χ2n) is 6.56.